The van der Waals surface area contributed by atoms with Gasteiger partial charge < -0.3 is 15.0 Å². The number of rotatable bonds is 12. The molecule has 0 aliphatic carbocycles. The minimum Gasteiger partial charge on any atom is -0.489 e. The molecule has 0 spiro atoms. The standard InChI is InChI=1S/C35H40N2O2/c1-26(2)32-19-12-20-33(27(3)4)35(32)36-34(38)21-22-37(30-16-9-6-10-17-30)24-29-15-11-18-31(23-29)39-25-28-13-7-5-8-14-28/h5-20,23,26-27H,21-22,24-25H2,1-4H3,(H,36,38). The lowest BCUT2D eigenvalue weighted by Gasteiger charge is -2.26. The van der Waals surface area contributed by atoms with Crippen molar-refractivity contribution in [2.45, 2.75) is 59.1 Å². The Bertz CT molecular complexity index is 1310. The molecular weight excluding hydrogens is 480 g/mol. The molecule has 1 amide bonds. The number of hydrogen-bond donors (Lipinski definition) is 1. The smallest absolute Gasteiger partial charge is 0.226 e. The summed E-state index contributed by atoms with van der Waals surface area (Å²) in [6.45, 7) is 10.5. The van der Waals surface area contributed by atoms with Gasteiger partial charge in [0.1, 0.15) is 12.4 Å². The number of carbonyl (C=O) groups excluding carboxylic acids is 1. The van der Waals surface area contributed by atoms with Crippen molar-refractivity contribution in [3.8, 4) is 5.75 Å². The van der Waals surface area contributed by atoms with Gasteiger partial charge in [-0.15, -0.1) is 0 Å². The lowest BCUT2D eigenvalue weighted by atomic mass is 9.92. The molecule has 0 aliphatic rings. The molecule has 4 aromatic carbocycles. The number of para-hydroxylation sites is 2. The highest BCUT2D eigenvalue weighted by molar-refractivity contribution is 5.93. The van der Waals surface area contributed by atoms with Gasteiger partial charge in [-0.1, -0.05) is 107 Å². The summed E-state index contributed by atoms with van der Waals surface area (Å²) in [4.78, 5) is 15.5. The first-order valence-corrected chi connectivity index (χ1v) is 13.9. The third kappa shape index (κ3) is 7.97. The molecule has 0 fully saturated rings. The highest BCUT2D eigenvalue weighted by Gasteiger charge is 2.17. The normalized spacial score (nSPS) is 11.0. The van der Waals surface area contributed by atoms with Gasteiger partial charge in [-0.3, -0.25) is 4.79 Å². The molecule has 202 valence electrons. The van der Waals surface area contributed by atoms with Crippen molar-refractivity contribution in [3.63, 3.8) is 0 Å². The average Bonchev–Trinajstić information content (AvgIpc) is 2.95. The minimum atomic E-state index is 0.0332. The zero-order valence-corrected chi connectivity index (χ0v) is 23.6. The van der Waals surface area contributed by atoms with E-state index in [0.717, 1.165) is 28.3 Å². The molecule has 0 radical (unpaired) electrons. The van der Waals surface area contributed by atoms with Crippen molar-refractivity contribution >= 4 is 17.3 Å². The molecule has 0 saturated carbocycles. The van der Waals surface area contributed by atoms with Gasteiger partial charge in [0, 0.05) is 30.9 Å². The second kappa shape index (κ2) is 13.7. The van der Waals surface area contributed by atoms with Crippen molar-refractivity contribution < 1.29 is 9.53 Å². The first-order valence-electron chi connectivity index (χ1n) is 13.9. The van der Waals surface area contributed by atoms with Crippen LogP contribution in [0.3, 0.4) is 0 Å². The van der Waals surface area contributed by atoms with Crippen molar-refractivity contribution in [1.82, 2.24) is 0 Å². The predicted molar refractivity (Wildman–Crippen MR) is 163 cm³/mol. The Morgan fingerprint density at radius 3 is 1.97 bits per heavy atom. The number of carbonyl (C=O) groups is 1. The van der Waals surface area contributed by atoms with E-state index >= 15 is 0 Å². The summed E-state index contributed by atoms with van der Waals surface area (Å²) in [6.07, 6.45) is 0.392. The molecule has 4 aromatic rings. The van der Waals surface area contributed by atoms with Crippen LogP contribution in [0.1, 0.15) is 68.2 Å². The minimum absolute atomic E-state index is 0.0332. The van der Waals surface area contributed by atoms with Crippen LogP contribution in [0.25, 0.3) is 0 Å². The second-order valence-corrected chi connectivity index (χ2v) is 10.6. The summed E-state index contributed by atoms with van der Waals surface area (Å²) in [5.41, 5.74) is 6.70. The Kier molecular flexibility index (Phi) is 9.80. The van der Waals surface area contributed by atoms with Crippen LogP contribution in [0.5, 0.6) is 5.75 Å². The monoisotopic (exact) mass is 520 g/mol. The molecule has 1 N–H and O–H groups in total. The number of amides is 1. The quantitative estimate of drug-likeness (QED) is 0.203. The third-order valence-electron chi connectivity index (χ3n) is 6.89. The highest BCUT2D eigenvalue weighted by Crippen LogP contribution is 2.32. The number of anilines is 2. The SMILES string of the molecule is CC(C)c1cccc(C(C)C)c1NC(=O)CCN(Cc1cccc(OCc2ccccc2)c1)c1ccccc1. The van der Waals surface area contributed by atoms with Gasteiger partial charge >= 0.3 is 0 Å². The zero-order chi connectivity index (χ0) is 27.6. The first-order chi connectivity index (χ1) is 18.9. The fraction of sp³-hybridized carbons (Fsp3) is 0.286. The van der Waals surface area contributed by atoms with E-state index in [1.165, 1.54) is 11.1 Å². The van der Waals surface area contributed by atoms with E-state index in [1.807, 2.05) is 48.5 Å². The van der Waals surface area contributed by atoms with Crippen molar-refractivity contribution in [2.24, 2.45) is 0 Å². The number of ether oxygens (including phenoxy) is 1. The van der Waals surface area contributed by atoms with Crippen LogP contribution in [-0.4, -0.2) is 12.5 Å². The van der Waals surface area contributed by atoms with Crippen LogP contribution in [0.2, 0.25) is 0 Å². The summed E-state index contributed by atoms with van der Waals surface area (Å²) in [6, 6.07) is 35.0. The van der Waals surface area contributed by atoms with Gasteiger partial charge in [0.2, 0.25) is 5.91 Å². The maximum absolute atomic E-state index is 13.3. The van der Waals surface area contributed by atoms with Gasteiger partial charge in [0.05, 0.1) is 0 Å². The number of nitrogens with zero attached hydrogens (tertiary/aromatic N) is 1. The topological polar surface area (TPSA) is 41.6 Å². The first kappa shape index (κ1) is 28.0. The Hall–Kier alpha value is -4.05. The van der Waals surface area contributed by atoms with Crippen LogP contribution in [-0.2, 0) is 17.9 Å². The summed E-state index contributed by atoms with van der Waals surface area (Å²) in [5, 5.41) is 3.27. The Labute approximate surface area is 233 Å². The zero-order valence-electron chi connectivity index (χ0n) is 23.6. The van der Waals surface area contributed by atoms with Crippen LogP contribution < -0.4 is 15.0 Å². The molecule has 4 heteroatoms. The molecular formula is C35H40N2O2. The van der Waals surface area contributed by atoms with Crippen LogP contribution in [0.15, 0.2) is 103 Å². The fourth-order valence-electron chi connectivity index (χ4n) is 4.77. The number of benzene rings is 4. The lowest BCUT2D eigenvalue weighted by Crippen LogP contribution is -2.28. The Balaban J connectivity index is 1.46. The maximum atomic E-state index is 13.3. The van der Waals surface area contributed by atoms with E-state index in [2.05, 4.69) is 92.5 Å². The predicted octanol–water partition coefficient (Wildman–Crippen LogP) is 8.55. The number of hydrogen-bond acceptors (Lipinski definition) is 3. The van der Waals surface area contributed by atoms with Crippen LogP contribution in [0, 0.1) is 0 Å². The van der Waals surface area contributed by atoms with E-state index in [0.29, 0.717) is 38.0 Å². The van der Waals surface area contributed by atoms with E-state index in [1.54, 1.807) is 0 Å². The second-order valence-electron chi connectivity index (χ2n) is 10.6. The molecule has 0 atom stereocenters. The summed E-state index contributed by atoms with van der Waals surface area (Å²) >= 11 is 0. The molecule has 0 aliphatic heterocycles. The van der Waals surface area contributed by atoms with E-state index in [-0.39, 0.29) is 5.91 Å². The fourth-order valence-corrected chi connectivity index (χ4v) is 4.77. The molecule has 4 rings (SSSR count). The van der Waals surface area contributed by atoms with Gasteiger partial charge in [0.25, 0.3) is 0 Å². The van der Waals surface area contributed by atoms with E-state index in [9.17, 15) is 4.79 Å². The molecule has 0 unspecified atom stereocenters. The van der Waals surface area contributed by atoms with Crippen molar-refractivity contribution in [3.05, 3.63) is 125 Å². The van der Waals surface area contributed by atoms with E-state index in [4.69, 9.17) is 4.74 Å². The Morgan fingerprint density at radius 2 is 1.33 bits per heavy atom. The highest BCUT2D eigenvalue weighted by atomic mass is 16.5. The third-order valence-corrected chi connectivity index (χ3v) is 6.89. The largest absolute Gasteiger partial charge is 0.489 e. The molecule has 39 heavy (non-hydrogen) atoms. The van der Waals surface area contributed by atoms with Crippen LogP contribution >= 0.6 is 0 Å². The van der Waals surface area contributed by atoms with Crippen molar-refractivity contribution in [1.29, 1.82) is 0 Å². The molecule has 0 heterocycles. The van der Waals surface area contributed by atoms with Crippen molar-refractivity contribution in [2.75, 3.05) is 16.8 Å². The summed E-state index contributed by atoms with van der Waals surface area (Å²) in [5.74, 6) is 1.53. The lowest BCUT2D eigenvalue weighted by molar-refractivity contribution is -0.116. The summed E-state index contributed by atoms with van der Waals surface area (Å²) < 4.78 is 6.06. The molecule has 4 nitrogen and oxygen atoms in total. The summed E-state index contributed by atoms with van der Waals surface area (Å²) in [7, 11) is 0. The average molecular weight is 521 g/mol. The van der Waals surface area contributed by atoms with Gasteiger partial charge in [-0.25, -0.2) is 0 Å². The molecule has 0 saturated heterocycles. The number of nitrogens with one attached hydrogen (secondary N) is 1. The molecule has 0 bridgehead atoms. The van der Waals surface area contributed by atoms with Gasteiger partial charge in [-0.05, 0) is 58.4 Å². The van der Waals surface area contributed by atoms with Crippen LogP contribution in [0.4, 0.5) is 11.4 Å². The van der Waals surface area contributed by atoms with E-state index < -0.39 is 0 Å². The van der Waals surface area contributed by atoms with Gasteiger partial charge in [-0.2, -0.15) is 0 Å². The maximum Gasteiger partial charge on any atom is 0.226 e. The Morgan fingerprint density at radius 1 is 0.744 bits per heavy atom. The van der Waals surface area contributed by atoms with Gasteiger partial charge in [0.15, 0.2) is 0 Å². The molecule has 0 aromatic heterocycles.